The van der Waals surface area contributed by atoms with Gasteiger partial charge in [0.25, 0.3) is 0 Å². The number of rotatable bonds is 12. The first kappa shape index (κ1) is 39.3. The van der Waals surface area contributed by atoms with Crippen molar-refractivity contribution in [1.82, 2.24) is 0 Å². The first-order valence-electron chi connectivity index (χ1n) is 18.7. The van der Waals surface area contributed by atoms with E-state index in [1.807, 2.05) is 6.92 Å². The Balaban J connectivity index is 1.22. The standard InChI is InChI=1S/C40H51F3N2O8/c1-7-8-34-52-33-17-24-25-16-27(41)26-14-22(46)11-12-37(26,5)39(25,43)31(48)18-38(24,6)40(33,53-34)32(49)19-51-23-9-10-29(28(42)15-23)45-36(50)21(4)13-30(47)35(44)20(2)3/h9-12,14-15,20-21,24-25,27,31,33-35,48H,7-8,13,16-19,44H2,1-6H3,(H,45,50)/t21-,24+,25+,27+,31+,33-,34?,35+,37+,38+,39+,40-/m1/s1. The molecule has 290 valence electrons. The van der Waals surface area contributed by atoms with Crippen molar-refractivity contribution < 1.29 is 51.7 Å². The van der Waals surface area contributed by atoms with Crippen LogP contribution >= 0.6 is 0 Å². The van der Waals surface area contributed by atoms with Gasteiger partial charge in [0, 0.05) is 35.2 Å². The van der Waals surface area contributed by atoms with E-state index >= 15 is 13.2 Å². The summed E-state index contributed by atoms with van der Waals surface area (Å²) in [5.41, 5.74) is -1.04. The maximum Gasteiger partial charge on any atom is 0.227 e. The molecular weight excluding hydrogens is 693 g/mol. The van der Waals surface area contributed by atoms with Crippen LogP contribution in [0.5, 0.6) is 5.75 Å². The molecule has 5 aliphatic rings. The molecule has 1 amide bonds. The Labute approximate surface area is 308 Å². The van der Waals surface area contributed by atoms with Crippen molar-refractivity contribution in [3.05, 3.63) is 47.8 Å². The molecule has 1 heterocycles. The highest BCUT2D eigenvalue weighted by Gasteiger charge is 2.80. The number of fused-ring (bicyclic) bond motifs is 7. The second kappa shape index (κ2) is 14.0. The minimum absolute atomic E-state index is 0.00750. The fraction of sp³-hybridized carbons (Fsp3) is 0.650. The van der Waals surface area contributed by atoms with Crippen molar-refractivity contribution in [2.75, 3.05) is 11.9 Å². The monoisotopic (exact) mass is 744 g/mol. The van der Waals surface area contributed by atoms with Crippen molar-refractivity contribution >= 4 is 28.9 Å². The van der Waals surface area contributed by atoms with E-state index in [0.29, 0.717) is 12.8 Å². The first-order valence-corrected chi connectivity index (χ1v) is 18.7. The first-order chi connectivity index (χ1) is 24.8. The van der Waals surface area contributed by atoms with Gasteiger partial charge < -0.3 is 30.4 Å². The lowest BCUT2D eigenvalue weighted by Gasteiger charge is -2.63. The Kier molecular flexibility index (Phi) is 10.4. The molecule has 1 saturated heterocycles. The number of aliphatic hydroxyl groups excluding tert-OH is 1. The van der Waals surface area contributed by atoms with Crippen molar-refractivity contribution in [2.24, 2.45) is 40.2 Å². The third-order valence-electron chi connectivity index (χ3n) is 13.0. The number of halogens is 3. The van der Waals surface area contributed by atoms with Crippen LogP contribution in [-0.2, 0) is 28.7 Å². The van der Waals surface area contributed by atoms with Crippen LogP contribution in [0.25, 0.3) is 0 Å². The van der Waals surface area contributed by atoms with E-state index in [9.17, 15) is 24.3 Å². The van der Waals surface area contributed by atoms with Gasteiger partial charge in [-0.05, 0) is 74.3 Å². The number of ether oxygens (including phenoxy) is 3. The molecule has 1 aromatic carbocycles. The molecule has 1 unspecified atom stereocenters. The van der Waals surface area contributed by atoms with E-state index in [4.69, 9.17) is 19.9 Å². The molecule has 1 aromatic rings. The highest BCUT2D eigenvalue weighted by atomic mass is 19.1. The number of hydrogen-bond acceptors (Lipinski definition) is 9. The maximum absolute atomic E-state index is 17.7. The van der Waals surface area contributed by atoms with Gasteiger partial charge in [-0.15, -0.1) is 0 Å². The molecule has 10 nitrogen and oxygen atoms in total. The van der Waals surface area contributed by atoms with Gasteiger partial charge in [-0.1, -0.05) is 47.1 Å². The summed E-state index contributed by atoms with van der Waals surface area (Å²) in [6.07, 6.45) is -0.425. The highest BCUT2D eigenvalue weighted by Crippen LogP contribution is 2.72. The Morgan fingerprint density at radius 3 is 2.53 bits per heavy atom. The van der Waals surface area contributed by atoms with Crippen molar-refractivity contribution in [2.45, 2.75) is 122 Å². The Morgan fingerprint density at radius 1 is 1.15 bits per heavy atom. The predicted octanol–water partition coefficient (Wildman–Crippen LogP) is 5.50. The Hall–Kier alpha value is -3.39. The molecule has 4 N–H and O–H groups in total. The van der Waals surface area contributed by atoms with E-state index < -0.39 is 100 Å². The summed E-state index contributed by atoms with van der Waals surface area (Å²) < 4.78 is 67.6. The van der Waals surface area contributed by atoms with E-state index in [1.54, 1.807) is 27.7 Å². The van der Waals surface area contributed by atoms with Crippen molar-refractivity contribution in [3.8, 4) is 5.75 Å². The summed E-state index contributed by atoms with van der Waals surface area (Å²) in [5.74, 6) is -5.19. The molecule has 0 aromatic heterocycles. The lowest BCUT2D eigenvalue weighted by atomic mass is 9.44. The zero-order valence-electron chi connectivity index (χ0n) is 31.1. The van der Waals surface area contributed by atoms with Crippen LogP contribution in [-0.4, -0.2) is 77.0 Å². The molecule has 3 saturated carbocycles. The molecule has 53 heavy (non-hydrogen) atoms. The third-order valence-corrected chi connectivity index (χ3v) is 13.0. The van der Waals surface area contributed by atoms with Gasteiger partial charge in [-0.3, -0.25) is 19.2 Å². The number of carbonyl (C=O) groups is 4. The maximum atomic E-state index is 17.7. The van der Waals surface area contributed by atoms with Crippen LogP contribution in [0.1, 0.15) is 80.1 Å². The second-order valence-corrected chi connectivity index (χ2v) is 16.5. The van der Waals surface area contributed by atoms with Gasteiger partial charge in [0.1, 0.15) is 24.3 Å². The number of alkyl halides is 2. The van der Waals surface area contributed by atoms with E-state index in [0.717, 1.165) is 12.1 Å². The molecule has 4 fully saturated rings. The van der Waals surface area contributed by atoms with Crippen LogP contribution in [0.4, 0.5) is 18.9 Å². The molecule has 1 aliphatic heterocycles. The van der Waals surface area contributed by atoms with Crippen LogP contribution in [0.2, 0.25) is 0 Å². The fourth-order valence-electron chi connectivity index (χ4n) is 9.99. The number of ketones is 3. The second-order valence-electron chi connectivity index (χ2n) is 16.5. The summed E-state index contributed by atoms with van der Waals surface area (Å²) in [6.45, 7) is 9.80. The Morgan fingerprint density at radius 2 is 1.87 bits per heavy atom. The number of amides is 1. The molecule has 0 spiro atoms. The minimum atomic E-state index is -2.34. The lowest BCUT2D eigenvalue weighted by Crippen LogP contribution is -2.71. The molecule has 6 rings (SSSR count). The van der Waals surface area contributed by atoms with Crippen LogP contribution in [0.15, 0.2) is 42.0 Å². The number of nitrogens with one attached hydrogen (secondary N) is 1. The number of Topliss-reactive ketones (excluding diaryl/α,β-unsaturated/α-hetero) is 2. The average Bonchev–Trinajstić information content (AvgIpc) is 3.58. The van der Waals surface area contributed by atoms with Gasteiger partial charge in [-0.25, -0.2) is 13.2 Å². The number of carbonyl (C=O) groups excluding carboxylic acids is 4. The van der Waals surface area contributed by atoms with Crippen LogP contribution in [0, 0.1) is 40.3 Å². The SMILES string of the molecule is CCCC1O[C@@H]2C[C@H]3[C@@H]4C[C@H](F)C5=CC(=O)C=C[C@]5(C)[C@@]4(F)[C@@H](O)C[C@]3(C)[C@]2(C(=O)COc2ccc(NC(=O)[C@H](C)CC(=O)[C@@H](N)C(C)C)c(F)c2)O1. The van der Waals surface area contributed by atoms with E-state index in [1.165, 1.54) is 31.2 Å². The fourth-order valence-corrected chi connectivity index (χ4v) is 9.99. The summed E-state index contributed by atoms with van der Waals surface area (Å²) in [5, 5.41) is 14.3. The normalized spacial score (nSPS) is 38.3. The minimum Gasteiger partial charge on any atom is -0.486 e. The zero-order chi connectivity index (χ0) is 38.8. The van der Waals surface area contributed by atoms with Crippen LogP contribution < -0.4 is 15.8 Å². The lowest BCUT2D eigenvalue weighted by molar-refractivity contribution is -0.234. The molecule has 0 radical (unpaired) electrons. The summed E-state index contributed by atoms with van der Waals surface area (Å²) >= 11 is 0. The predicted molar refractivity (Wildman–Crippen MR) is 189 cm³/mol. The van der Waals surface area contributed by atoms with Crippen molar-refractivity contribution in [3.63, 3.8) is 0 Å². The number of benzene rings is 1. The largest absolute Gasteiger partial charge is 0.486 e. The van der Waals surface area contributed by atoms with Crippen molar-refractivity contribution in [1.29, 1.82) is 0 Å². The Bertz CT molecular complexity index is 1730. The van der Waals surface area contributed by atoms with Gasteiger partial charge in [0.05, 0.1) is 23.9 Å². The molecule has 12 atom stereocenters. The van der Waals surface area contributed by atoms with Gasteiger partial charge in [0.2, 0.25) is 11.7 Å². The third kappa shape index (κ3) is 6.10. The molecular formula is C40H51F3N2O8. The van der Waals surface area contributed by atoms with Crippen LogP contribution in [0.3, 0.4) is 0 Å². The summed E-state index contributed by atoms with van der Waals surface area (Å²) in [4.78, 5) is 51.8. The molecule has 13 heteroatoms. The summed E-state index contributed by atoms with van der Waals surface area (Å²) in [6, 6.07) is 2.98. The van der Waals surface area contributed by atoms with Gasteiger partial charge in [-0.2, -0.15) is 0 Å². The highest BCUT2D eigenvalue weighted by molar-refractivity contribution is 6.01. The van der Waals surface area contributed by atoms with E-state index in [2.05, 4.69) is 5.32 Å². The zero-order valence-corrected chi connectivity index (χ0v) is 31.1. The number of aliphatic hydroxyl groups is 1. The van der Waals surface area contributed by atoms with Gasteiger partial charge >= 0.3 is 0 Å². The number of anilines is 1. The quantitative estimate of drug-likeness (QED) is 0.252. The summed E-state index contributed by atoms with van der Waals surface area (Å²) in [7, 11) is 0. The topological polar surface area (TPSA) is 154 Å². The average molecular weight is 745 g/mol. The molecule has 4 aliphatic carbocycles. The number of nitrogens with two attached hydrogens (primary N) is 1. The smallest absolute Gasteiger partial charge is 0.227 e. The van der Waals surface area contributed by atoms with E-state index in [-0.39, 0.29) is 54.4 Å². The van der Waals surface area contributed by atoms with Gasteiger partial charge in [0.15, 0.2) is 29.1 Å². The number of hydrogen-bond donors (Lipinski definition) is 3. The number of allylic oxidation sites excluding steroid dienone is 4. The molecule has 0 bridgehead atoms.